The molecule has 4 heteroatoms. The van der Waals surface area contributed by atoms with E-state index < -0.39 is 0 Å². The highest BCUT2D eigenvalue weighted by Gasteiger charge is 2.38. The molecule has 1 heterocycles. The van der Waals surface area contributed by atoms with E-state index in [1.54, 1.807) is 7.11 Å². The lowest BCUT2D eigenvalue weighted by atomic mass is 10.1. The first-order valence-electron chi connectivity index (χ1n) is 4.98. The van der Waals surface area contributed by atoms with E-state index in [0.717, 1.165) is 18.9 Å². The third-order valence-electron chi connectivity index (χ3n) is 2.43. The first-order valence-corrected chi connectivity index (χ1v) is 6.06. The zero-order chi connectivity index (χ0) is 10.7. The Morgan fingerprint density at radius 1 is 1.53 bits per heavy atom. The Morgan fingerprint density at radius 2 is 2.40 bits per heavy atom. The third kappa shape index (κ3) is 3.05. The second-order valence-corrected chi connectivity index (χ2v) is 4.70. The van der Waals surface area contributed by atoms with Gasteiger partial charge in [-0.2, -0.15) is 0 Å². The molecule has 15 heavy (non-hydrogen) atoms. The minimum absolute atomic E-state index is 0.152. The smallest absolute Gasteiger partial charge is 0.166 e. The monoisotopic (exact) mass is 321 g/mol. The van der Waals surface area contributed by atoms with E-state index >= 15 is 0 Å². The molecule has 2 atom stereocenters. The van der Waals surface area contributed by atoms with Gasteiger partial charge < -0.3 is 14.2 Å². The number of halogens is 1. The Kier molecular flexibility index (Phi) is 4.67. The normalized spacial score (nSPS) is 34.8. The molecule has 2 fully saturated rings. The molecular weight excluding hydrogens is 307 g/mol. The van der Waals surface area contributed by atoms with Crippen LogP contribution in [0.1, 0.15) is 6.42 Å². The maximum Gasteiger partial charge on any atom is 0.166 e. The average Bonchev–Trinajstić information content (AvgIpc) is 2.65. The van der Waals surface area contributed by atoms with Crippen molar-refractivity contribution in [3.63, 3.8) is 0 Å². The van der Waals surface area contributed by atoms with Gasteiger partial charge >= 0.3 is 0 Å². The fourth-order valence-corrected chi connectivity index (χ4v) is 2.31. The lowest BCUT2D eigenvalue weighted by Gasteiger charge is -2.33. The van der Waals surface area contributed by atoms with Crippen molar-refractivity contribution in [1.82, 2.24) is 0 Å². The summed E-state index contributed by atoms with van der Waals surface area (Å²) < 4.78 is 17.7. The molecular formula is C11H14IO3. The van der Waals surface area contributed by atoms with E-state index in [4.69, 9.17) is 14.2 Å². The molecule has 0 amide bonds. The lowest BCUT2D eigenvalue weighted by Crippen LogP contribution is -2.38. The van der Waals surface area contributed by atoms with Crippen molar-refractivity contribution < 1.29 is 14.2 Å². The molecule has 5 radical (unpaired) electrons. The molecule has 2 aliphatic rings. The van der Waals surface area contributed by atoms with Crippen LogP contribution in [-0.2, 0) is 14.2 Å². The Morgan fingerprint density at radius 3 is 3.07 bits per heavy atom. The zero-order valence-corrected chi connectivity index (χ0v) is 10.8. The van der Waals surface area contributed by atoms with Crippen LogP contribution in [0.3, 0.4) is 0 Å². The maximum absolute atomic E-state index is 5.80. The van der Waals surface area contributed by atoms with Gasteiger partial charge in [0.15, 0.2) is 6.29 Å². The molecule has 0 unspecified atom stereocenters. The first kappa shape index (κ1) is 12.1. The van der Waals surface area contributed by atoms with E-state index in [1.807, 2.05) is 12.8 Å². The van der Waals surface area contributed by atoms with Crippen molar-refractivity contribution in [2.45, 2.75) is 18.8 Å². The summed E-state index contributed by atoms with van der Waals surface area (Å²) >= 11 is 2.30. The summed E-state index contributed by atoms with van der Waals surface area (Å²) in [4.78, 5) is 0. The second kappa shape index (κ2) is 5.80. The largest absolute Gasteiger partial charge is 0.382 e. The Balaban J connectivity index is 1.86. The van der Waals surface area contributed by atoms with Crippen molar-refractivity contribution >= 4 is 22.6 Å². The molecule has 0 aromatic carbocycles. The average molecular weight is 321 g/mol. The van der Waals surface area contributed by atoms with Crippen molar-refractivity contribution in [2.24, 2.45) is 0 Å². The van der Waals surface area contributed by atoms with Gasteiger partial charge in [-0.15, -0.1) is 0 Å². The topological polar surface area (TPSA) is 27.7 Å². The predicted molar refractivity (Wildman–Crippen MR) is 64.5 cm³/mol. The van der Waals surface area contributed by atoms with Gasteiger partial charge in [-0.3, -0.25) is 0 Å². The molecule has 0 N–H and O–H groups in total. The van der Waals surface area contributed by atoms with E-state index in [9.17, 15) is 0 Å². The Hall–Kier alpha value is 0.610. The number of rotatable bonds is 3. The number of methoxy groups -OCH3 is 1. The van der Waals surface area contributed by atoms with Crippen LogP contribution in [0.15, 0.2) is 0 Å². The van der Waals surface area contributed by atoms with Gasteiger partial charge in [0.2, 0.25) is 0 Å². The van der Waals surface area contributed by atoms with Crippen molar-refractivity contribution in [3.8, 4) is 0 Å². The summed E-state index contributed by atoms with van der Waals surface area (Å²) in [7, 11) is 1.69. The minimum atomic E-state index is -0.221. The van der Waals surface area contributed by atoms with Gasteiger partial charge in [-0.1, -0.05) is 22.6 Å². The summed E-state index contributed by atoms with van der Waals surface area (Å²) in [5.74, 6) is 1.12. The zero-order valence-electron chi connectivity index (χ0n) is 8.61. The van der Waals surface area contributed by atoms with E-state index in [2.05, 4.69) is 29.0 Å². The molecule has 0 bridgehead atoms. The Bertz CT molecular complexity index is 198. The van der Waals surface area contributed by atoms with Gasteiger partial charge in [-0.05, 0) is 25.7 Å². The molecule has 3 nitrogen and oxygen atoms in total. The molecule has 1 saturated heterocycles. The quantitative estimate of drug-likeness (QED) is 0.744. The minimum Gasteiger partial charge on any atom is -0.382 e. The third-order valence-corrected chi connectivity index (χ3v) is 3.41. The van der Waals surface area contributed by atoms with Crippen LogP contribution >= 0.6 is 22.6 Å². The van der Waals surface area contributed by atoms with Crippen LogP contribution in [0, 0.1) is 29.1 Å². The summed E-state index contributed by atoms with van der Waals surface area (Å²) in [5, 5.41) is 0. The number of hydrogen-bond donors (Lipinski definition) is 0. The fraction of sp³-hybridized carbons (Fsp3) is 0.545. The summed E-state index contributed by atoms with van der Waals surface area (Å²) in [5.41, 5.74) is 0. The maximum atomic E-state index is 5.80. The van der Waals surface area contributed by atoms with Gasteiger partial charge in [0, 0.05) is 7.11 Å². The molecule has 1 aliphatic carbocycles. The second-order valence-electron chi connectivity index (χ2n) is 3.53. The number of hydrogen-bond acceptors (Lipinski definition) is 3. The Labute approximate surface area is 105 Å². The lowest BCUT2D eigenvalue weighted by molar-refractivity contribution is -0.209. The molecule has 0 aromatic rings. The van der Waals surface area contributed by atoms with Crippen molar-refractivity contribution in [1.29, 1.82) is 0 Å². The van der Waals surface area contributed by atoms with Crippen LogP contribution in [0.5, 0.6) is 0 Å². The van der Waals surface area contributed by atoms with Crippen molar-refractivity contribution in [3.05, 3.63) is 29.1 Å². The van der Waals surface area contributed by atoms with Gasteiger partial charge in [0.1, 0.15) is 0 Å². The first-order chi connectivity index (χ1) is 7.31. The predicted octanol–water partition coefficient (Wildman–Crippen LogP) is 1.93. The highest BCUT2D eigenvalue weighted by atomic mass is 127. The van der Waals surface area contributed by atoms with Crippen LogP contribution < -0.4 is 0 Å². The molecule has 1 saturated carbocycles. The molecule has 83 valence electrons. The highest BCUT2D eigenvalue weighted by molar-refractivity contribution is 14.1. The standard InChI is InChI=1S/C11H14IO3/c1-13-7-8-5-6-14-11(15-8)9-3-2-4-10(9)12/h2-4,8,11H,5-7H2,1H3/t8-,11-/m0/s1. The molecule has 0 aromatic heterocycles. The van der Waals surface area contributed by atoms with Crippen LogP contribution in [0.2, 0.25) is 0 Å². The highest BCUT2D eigenvalue weighted by Crippen LogP contribution is 2.42. The van der Waals surface area contributed by atoms with Gasteiger partial charge in [0.25, 0.3) is 0 Å². The van der Waals surface area contributed by atoms with E-state index in [-0.39, 0.29) is 12.4 Å². The SMILES string of the molecule is COC[C@@H]1CCO[C@H]([C]2[CH][CH][CH][C]2I)O1. The van der Waals surface area contributed by atoms with Gasteiger partial charge in [0.05, 0.1) is 29.2 Å². The fourth-order valence-electron chi connectivity index (χ4n) is 1.66. The van der Waals surface area contributed by atoms with Crippen molar-refractivity contribution in [2.75, 3.05) is 20.3 Å². The molecule has 2 rings (SSSR count). The van der Waals surface area contributed by atoms with E-state index in [1.165, 1.54) is 3.92 Å². The summed E-state index contributed by atoms with van der Waals surface area (Å²) in [6, 6.07) is 0. The van der Waals surface area contributed by atoms with Crippen LogP contribution in [0.25, 0.3) is 0 Å². The molecule has 0 spiro atoms. The number of ether oxygens (including phenoxy) is 3. The van der Waals surface area contributed by atoms with Crippen LogP contribution in [0.4, 0.5) is 0 Å². The summed E-state index contributed by atoms with van der Waals surface area (Å²) in [6.45, 7) is 1.37. The van der Waals surface area contributed by atoms with Crippen LogP contribution in [-0.4, -0.2) is 32.7 Å². The van der Waals surface area contributed by atoms with Gasteiger partial charge in [-0.25, -0.2) is 0 Å². The van der Waals surface area contributed by atoms with E-state index in [0.29, 0.717) is 6.61 Å². The summed E-state index contributed by atoms with van der Waals surface area (Å²) in [6.07, 6.45) is 6.95. The molecule has 1 aliphatic heterocycles.